The normalized spacial score (nSPS) is 16.0. The maximum Gasteiger partial charge on any atom is 0.183 e. The number of aromatic nitrogens is 2. The first-order valence-electron chi connectivity index (χ1n) is 7.02. The lowest BCUT2D eigenvalue weighted by atomic mass is 9.97. The van der Waals surface area contributed by atoms with E-state index in [0.717, 1.165) is 38.4 Å². The lowest BCUT2D eigenvalue weighted by Crippen LogP contribution is -2.37. The molecule has 0 atom stereocenters. The summed E-state index contributed by atoms with van der Waals surface area (Å²) in [5.41, 5.74) is 0.435. The molecule has 1 aliphatic rings. The monoisotopic (exact) mass is 259 g/mol. The van der Waals surface area contributed by atoms with E-state index in [0.29, 0.717) is 11.6 Å². The van der Waals surface area contributed by atoms with Crippen molar-refractivity contribution in [3.8, 4) is 6.07 Å². The van der Waals surface area contributed by atoms with Crippen LogP contribution in [0.3, 0.4) is 0 Å². The number of anilines is 1. The van der Waals surface area contributed by atoms with Crippen molar-refractivity contribution in [2.75, 3.05) is 31.1 Å². The highest BCUT2D eigenvalue weighted by molar-refractivity contribution is 5.49. The molecule has 1 aromatic rings. The highest BCUT2D eigenvalue weighted by Crippen LogP contribution is 2.20. The fourth-order valence-corrected chi connectivity index (χ4v) is 2.57. The Labute approximate surface area is 114 Å². The molecule has 1 saturated heterocycles. The lowest BCUT2D eigenvalue weighted by Gasteiger charge is -2.30. The molecule has 0 unspecified atom stereocenters. The molecule has 1 N–H and O–H groups in total. The number of nitrogens with zero attached hydrogens (tertiary/aromatic N) is 4. The van der Waals surface area contributed by atoms with Gasteiger partial charge in [0.05, 0.1) is 0 Å². The van der Waals surface area contributed by atoms with Gasteiger partial charge >= 0.3 is 0 Å². The molecule has 5 nitrogen and oxygen atoms in total. The molecule has 0 spiro atoms. The van der Waals surface area contributed by atoms with Crippen LogP contribution in [0, 0.1) is 17.2 Å². The number of hydrogen-bond acceptors (Lipinski definition) is 5. The van der Waals surface area contributed by atoms with Gasteiger partial charge in [0, 0.05) is 25.5 Å². The summed E-state index contributed by atoms with van der Waals surface area (Å²) in [5, 5.41) is 12.5. The van der Waals surface area contributed by atoms with Crippen LogP contribution in [0.4, 0.5) is 5.82 Å². The van der Waals surface area contributed by atoms with E-state index in [1.807, 2.05) is 0 Å². The summed E-state index contributed by atoms with van der Waals surface area (Å²) in [4.78, 5) is 10.7. The highest BCUT2D eigenvalue weighted by atomic mass is 15.2. The number of nitrogens with one attached hydrogen (secondary N) is 1. The topological polar surface area (TPSA) is 64.8 Å². The van der Waals surface area contributed by atoms with E-state index in [4.69, 9.17) is 5.26 Å². The van der Waals surface area contributed by atoms with Gasteiger partial charge in [0.25, 0.3) is 0 Å². The molecule has 0 bridgehead atoms. The molecular weight excluding hydrogens is 238 g/mol. The van der Waals surface area contributed by atoms with Gasteiger partial charge in [-0.3, -0.25) is 0 Å². The predicted octanol–water partition coefficient (Wildman–Crippen LogP) is 1.56. The minimum atomic E-state index is 0.435. The van der Waals surface area contributed by atoms with Gasteiger partial charge in [0.15, 0.2) is 11.5 Å². The van der Waals surface area contributed by atoms with Crippen LogP contribution in [0.1, 0.15) is 31.9 Å². The average Bonchev–Trinajstić information content (AvgIpc) is 2.48. The zero-order valence-electron chi connectivity index (χ0n) is 11.5. The van der Waals surface area contributed by atoms with Crippen molar-refractivity contribution < 1.29 is 0 Å². The molecule has 1 fully saturated rings. The van der Waals surface area contributed by atoms with Gasteiger partial charge in [-0.1, -0.05) is 6.92 Å². The number of hydrogen-bond donors (Lipinski definition) is 1. The summed E-state index contributed by atoms with van der Waals surface area (Å²) in [6.45, 7) is 6.24. The molecule has 2 rings (SSSR count). The Hall–Kier alpha value is -1.67. The molecule has 1 aliphatic heterocycles. The Bertz CT molecular complexity index is 434. The molecular formula is C14H21N5. The SMILES string of the molecule is CCCN(CC1CCNCC1)c1nccnc1C#N. The minimum Gasteiger partial charge on any atom is -0.354 e. The average molecular weight is 259 g/mol. The van der Waals surface area contributed by atoms with E-state index in [2.05, 4.69) is 33.2 Å². The van der Waals surface area contributed by atoms with Crippen molar-refractivity contribution in [3.63, 3.8) is 0 Å². The molecule has 2 heterocycles. The maximum absolute atomic E-state index is 9.15. The van der Waals surface area contributed by atoms with Crippen LogP contribution in [0.2, 0.25) is 0 Å². The van der Waals surface area contributed by atoms with Crippen LogP contribution in [0.15, 0.2) is 12.4 Å². The summed E-state index contributed by atoms with van der Waals surface area (Å²) in [6.07, 6.45) is 6.69. The van der Waals surface area contributed by atoms with E-state index >= 15 is 0 Å². The van der Waals surface area contributed by atoms with Gasteiger partial charge in [0.2, 0.25) is 0 Å². The van der Waals surface area contributed by atoms with Gasteiger partial charge < -0.3 is 10.2 Å². The van der Waals surface area contributed by atoms with Crippen LogP contribution in [0.5, 0.6) is 0 Å². The van der Waals surface area contributed by atoms with Crippen LogP contribution in [-0.4, -0.2) is 36.1 Å². The van der Waals surface area contributed by atoms with Crippen LogP contribution in [-0.2, 0) is 0 Å². The molecule has 19 heavy (non-hydrogen) atoms. The van der Waals surface area contributed by atoms with Crippen LogP contribution >= 0.6 is 0 Å². The fourth-order valence-electron chi connectivity index (χ4n) is 2.57. The molecule has 1 aromatic heterocycles. The van der Waals surface area contributed by atoms with Gasteiger partial charge in [-0.15, -0.1) is 0 Å². The summed E-state index contributed by atoms with van der Waals surface area (Å²) < 4.78 is 0. The predicted molar refractivity (Wildman–Crippen MR) is 74.8 cm³/mol. The molecule has 0 aromatic carbocycles. The van der Waals surface area contributed by atoms with Gasteiger partial charge in [0.1, 0.15) is 6.07 Å². The Kier molecular flexibility index (Phi) is 5.10. The molecule has 0 aliphatic carbocycles. The highest BCUT2D eigenvalue weighted by Gasteiger charge is 2.19. The molecule has 0 amide bonds. The minimum absolute atomic E-state index is 0.435. The summed E-state index contributed by atoms with van der Waals surface area (Å²) in [7, 11) is 0. The largest absolute Gasteiger partial charge is 0.354 e. The quantitative estimate of drug-likeness (QED) is 0.869. The van der Waals surface area contributed by atoms with E-state index in [1.165, 1.54) is 12.8 Å². The Balaban J connectivity index is 2.12. The first kappa shape index (κ1) is 13.8. The second-order valence-corrected chi connectivity index (χ2v) is 4.98. The van der Waals surface area contributed by atoms with Crippen molar-refractivity contribution in [1.82, 2.24) is 15.3 Å². The van der Waals surface area contributed by atoms with E-state index in [-0.39, 0.29) is 0 Å². The molecule has 0 saturated carbocycles. The van der Waals surface area contributed by atoms with Crippen molar-refractivity contribution in [2.45, 2.75) is 26.2 Å². The van der Waals surface area contributed by atoms with Crippen molar-refractivity contribution in [2.24, 2.45) is 5.92 Å². The maximum atomic E-state index is 9.15. The first-order valence-corrected chi connectivity index (χ1v) is 7.02. The second kappa shape index (κ2) is 7.05. The standard InChI is InChI=1S/C14H21N5/c1-2-9-19(11-12-3-5-16-6-4-12)14-13(10-15)17-7-8-18-14/h7-8,12,16H,2-6,9,11H2,1H3. The third-order valence-electron chi connectivity index (χ3n) is 3.52. The zero-order valence-corrected chi connectivity index (χ0v) is 11.5. The van der Waals surface area contributed by atoms with Gasteiger partial charge in [-0.2, -0.15) is 5.26 Å². The van der Waals surface area contributed by atoms with E-state index < -0.39 is 0 Å². The van der Waals surface area contributed by atoms with Crippen molar-refractivity contribution in [1.29, 1.82) is 5.26 Å². The third kappa shape index (κ3) is 3.65. The fraction of sp³-hybridized carbons (Fsp3) is 0.643. The second-order valence-electron chi connectivity index (χ2n) is 4.98. The first-order chi connectivity index (χ1) is 9.35. The summed E-state index contributed by atoms with van der Waals surface area (Å²) in [6, 6.07) is 2.14. The Morgan fingerprint density at radius 3 is 2.79 bits per heavy atom. The number of rotatable bonds is 5. The number of nitriles is 1. The van der Waals surface area contributed by atoms with Crippen molar-refractivity contribution in [3.05, 3.63) is 18.1 Å². The summed E-state index contributed by atoms with van der Waals surface area (Å²) >= 11 is 0. The van der Waals surface area contributed by atoms with Crippen molar-refractivity contribution >= 4 is 5.82 Å². The van der Waals surface area contributed by atoms with Gasteiger partial charge in [-0.05, 0) is 38.3 Å². The van der Waals surface area contributed by atoms with Crippen LogP contribution < -0.4 is 10.2 Å². The van der Waals surface area contributed by atoms with Crippen LogP contribution in [0.25, 0.3) is 0 Å². The third-order valence-corrected chi connectivity index (χ3v) is 3.52. The van der Waals surface area contributed by atoms with Gasteiger partial charge in [-0.25, -0.2) is 9.97 Å². The molecule has 102 valence electrons. The van der Waals surface area contributed by atoms with E-state index in [9.17, 15) is 0 Å². The molecule has 0 radical (unpaired) electrons. The summed E-state index contributed by atoms with van der Waals surface area (Å²) in [5.74, 6) is 1.42. The Morgan fingerprint density at radius 1 is 1.37 bits per heavy atom. The smallest absolute Gasteiger partial charge is 0.183 e. The zero-order chi connectivity index (χ0) is 13.5. The van der Waals surface area contributed by atoms with E-state index in [1.54, 1.807) is 12.4 Å². The lowest BCUT2D eigenvalue weighted by molar-refractivity contribution is 0.372. The molecule has 5 heteroatoms. The number of piperidine rings is 1. The Morgan fingerprint density at radius 2 is 2.11 bits per heavy atom.